The smallest absolute Gasteiger partial charge is 0.321 e. The molecule has 2 atom stereocenters. The van der Waals surface area contributed by atoms with Gasteiger partial charge in [-0.1, -0.05) is 12.1 Å². The third-order valence-electron chi connectivity index (χ3n) is 2.80. The molecule has 0 bridgehead atoms. The Balaban J connectivity index is 2.26. The molecule has 1 aliphatic rings. The standard InChI is InChI=1S/C12H15NO4S/c1-16-9-5-3-4-7(10(9)17-2)11-13-8(6-18-11)12(14)15/h3-5,8,11,13H,6H2,1-2H3,(H,14,15)/t8-,11-/m1/s1. The number of carboxylic acid groups (broad SMARTS) is 1. The van der Waals surface area contributed by atoms with Crippen LogP contribution in [-0.4, -0.2) is 37.1 Å². The summed E-state index contributed by atoms with van der Waals surface area (Å²) in [6.45, 7) is 0. The Labute approximate surface area is 109 Å². The Morgan fingerprint density at radius 1 is 1.44 bits per heavy atom. The summed E-state index contributed by atoms with van der Waals surface area (Å²) in [7, 11) is 3.16. The van der Waals surface area contributed by atoms with E-state index in [9.17, 15) is 4.79 Å². The van der Waals surface area contributed by atoms with E-state index in [1.54, 1.807) is 26.0 Å². The normalized spacial score (nSPS) is 22.8. The molecule has 1 saturated heterocycles. The zero-order valence-electron chi connectivity index (χ0n) is 10.2. The van der Waals surface area contributed by atoms with Crippen molar-refractivity contribution < 1.29 is 19.4 Å². The van der Waals surface area contributed by atoms with E-state index in [1.165, 1.54) is 0 Å². The van der Waals surface area contributed by atoms with Crippen molar-refractivity contribution in [3.05, 3.63) is 23.8 Å². The molecule has 98 valence electrons. The second-order valence-corrected chi connectivity index (χ2v) is 4.99. The van der Waals surface area contributed by atoms with Gasteiger partial charge in [-0.3, -0.25) is 10.1 Å². The quantitative estimate of drug-likeness (QED) is 0.863. The van der Waals surface area contributed by atoms with Gasteiger partial charge in [0.05, 0.1) is 19.6 Å². The Bertz CT molecular complexity index is 452. The number of rotatable bonds is 4. The van der Waals surface area contributed by atoms with Crippen LogP contribution in [0.15, 0.2) is 18.2 Å². The lowest BCUT2D eigenvalue weighted by Crippen LogP contribution is -2.33. The van der Waals surface area contributed by atoms with E-state index in [2.05, 4.69) is 5.32 Å². The van der Waals surface area contributed by atoms with E-state index < -0.39 is 12.0 Å². The highest BCUT2D eigenvalue weighted by molar-refractivity contribution is 7.99. The van der Waals surface area contributed by atoms with Crippen LogP contribution in [0.4, 0.5) is 0 Å². The maximum absolute atomic E-state index is 10.9. The molecule has 1 aromatic carbocycles. The molecule has 5 nitrogen and oxygen atoms in total. The number of hydrogen-bond donors (Lipinski definition) is 2. The van der Waals surface area contributed by atoms with Crippen LogP contribution in [0, 0.1) is 0 Å². The third kappa shape index (κ3) is 2.39. The van der Waals surface area contributed by atoms with Gasteiger partial charge in [0.1, 0.15) is 6.04 Å². The second-order valence-electron chi connectivity index (χ2n) is 3.85. The predicted octanol–water partition coefficient (Wildman–Crippen LogP) is 1.49. The summed E-state index contributed by atoms with van der Waals surface area (Å²) in [5.41, 5.74) is 0.908. The number of methoxy groups -OCH3 is 2. The van der Waals surface area contributed by atoms with Crippen molar-refractivity contribution in [2.24, 2.45) is 0 Å². The molecule has 1 fully saturated rings. The van der Waals surface area contributed by atoms with E-state index in [0.29, 0.717) is 17.3 Å². The maximum atomic E-state index is 10.9. The topological polar surface area (TPSA) is 67.8 Å². The third-order valence-corrected chi connectivity index (χ3v) is 4.05. The fourth-order valence-electron chi connectivity index (χ4n) is 1.91. The summed E-state index contributed by atoms with van der Waals surface area (Å²) in [6, 6.07) is 5.08. The van der Waals surface area contributed by atoms with Gasteiger partial charge in [0.15, 0.2) is 11.5 Å². The van der Waals surface area contributed by atoms with Crippen LogP contribution >= 0.6 is 11.8 Å². The van der Waals surface area contributed by atoms with E-state index in [0.717, 1.165) is 5.56 Å². The summed E-state index contributed by atoms with van der Waals surface area (Å²) >= 11 is 1.55. The van der Waals surface area contributed by atoms with Crippen molar-refractivity contribution in [2.75, 3.05) is 20.0 Å². The van der Waals surface area contributed by atoms with E-state index in [1.807, 2.05) is 18.2 Å². The highest BCUT2D eigenvalue weighted by Gasteiger charge is 2.32. The molecular formula is C12H15NO4S. The Kier molecular flexibility index (Phi) is 3.98. The maximum Gasteiger partial charge on any atom is 0.321 e. The first-order chi connectivity index (χ1) is 8.67. The van der Waals surface area contributed by atoms with Crippen LogP contribution in [0.5, 0.6) is 11.5 Å². The average Bonchev–Trinajstić information content (AvgIpc) is 2.87. The lowest BCUT2D eigenvalue weighted by atomic mass is 10.1. The molecule has 0 radical (unpaired) electrons. The number of carbonyl (C=O) groups is 1. The zero-order valence-corrected chi connectivity index (χ0v) is 11.0. The minimum Gasteiger partial charge on any atom is -0.493 e. The molecule has 1 aromatic rings. The molecular weight excluding hydrogens is 254 g/mol. The molecule has 6 heteroatoms. The van der Waals surface area contributed by atoms with Crippen molar-refractivity contribution >= 4 is 17.7 Å². The number of para-hydroxylation sites is 1. The van der Waals surface area contributed by atoms with Crippen molar-refractivity contribution in [2.45, 2.75) is 11.4 Å². The lowest BCUT2D eigenvalue weighted by molar-refractivity contribution is -0.138. The summed E-state index contributed by atoms with van der Waals surface area (Å²) in [5, 5.41) is 11.9. The van der Waals surface area contributed by atoms with Crippen LogP contribution in [0.1, 0.15) is 10.9 Å². The number of aliphatic carboxylic acids is 1. The molecule has 0 unspecified atom stereocenters. The molecule has 1 heterocycles. The number of benzene rings is 1. The van der Waals surface area contributed by atoms with Crippen LogP contribution < -0.4 is 14.8 Å². The molecule has 0 aromatic heterocycles. The highest BCUT2D eigenvalue weighted by Crippen LogP contribution is 2.41. The van der Waals surface area contributed by atoms with Crippen molar-refractivity contribution in [1.29, 1.82) is 0 Å². The van der Waals surface area contributed by atoms with Crippen LogP contribution in [-0.2, 0) is 4.79 Å². The lowest BCUT2D eigenvalue weighted by Gasteiger charge is -2.17. The Hall–Kier alpha value is -1.40. The van der Waals surface area contributed by atoms with E-state index in [4.69, 9.17) is 14.6 Å². The Morgan fingerprint density at radius 3 is 2.78 bits per heavy atom. The van der Waals surface area contributed by atoms with Crippen molar-refractivity contribution in [3.8, 4) is 11.5 Å². The SMILES string of the molecule is COc1cccc([C@@H]2N[C@@H](C(=O)O)CS2)c1OC. The van der Waals surface area contributed by atoms with E-state index in [-0.39, 0.29) is 5.37 Å². The second kappa shape index (κ2) is 5.49. The summed E-state index contributed by atoms with van der Waals surface area (Å²) < 4.78 is 10.6. The van der Waals surface area contributed by atoms with Gasteiger partial charge in [-0.05, 0) is 6.07 Å². The number of hydrogen-bond acceptors (Lipinski definition) is 5. The fourth-order valence-corrected chi connectivity index (χ4v) is 3.16. The van der Waals surface area contributed by atoms with Crippen molar-refractivity contribution in [1.82, 2.24) is 5.32 Å². The van der Waals surface area contributed by atoms with Gasteiger partial charge >= 0.3 is 5.97 Å². The van der Waals surface area contributed by atoms with Crippen LogP contribution in [0.3, 0.4) is 0 Å². The van der Waals surface area contributed by atoms with E-state index >= 15 is 0 Å². The number of nitrogens with one attached hydrogen (secondary N) is 1. The highest BCUT2D eigenvalue weighted by atomic mass is 32.2. The summed E-state index contributed by atoms with van der Waals surface area (Å²) in [6.07, 6.45) is 0. The molecule has 18 heavy (non-hydrogen) atoms. The molecule has 0 saturated carbocycles. The minimum absolute atomic E-state index is 0.0869. The van der Waals surface area contributed by atoms with Gasteiger partial charge in [0.2, 0.25) is 0 Å². The van der Waals surface area contributed by atoms with Gasteiger partial charge in [-0.15, -0.1) is 11.8 Å². The van der Waals surface area contributed by atoms with Gasteiger partial charge in [-0.2, -0.15) is 0 Å². The number of ether oxygens (including phenoxy) is 2. The molecule has 0 spiro atoms. The molecule has 2 rings (SSSR count). The van der Waals surface area contributed by atoms with Gasteiger partial charge in [0.25, 0.3) is 0 Å². The fraction of sp³-hybridized carbons (Fsp3) is 0.417. The van der Waals surface area contributed by atoms with Crippen LogP contribution in [0.2, 0.25) is 0 Å². The minimum atomic E-state index is -0.827. The zero-order chi connectivity index (χ0) is 13.1. The Morgan fingerprint density at radius 2 is 2.22 bits per heavy atom. The average molecular weight is 269 g/mol. The predicted molar refractivity (Wildman–Crippen MR) is 69.3 cm³/mol. The van der Waals surface area contributed by atoms with Gasteiger partial charge in [0, 0.05) is 11.3 Å². The molecule has 1 aliphatic heterocycles. The summed E-state index contributed by atoms with van der Waals surface area (Å²) in [5.74, 6) is 1.01. The first-order valence-electron chi connectivity index (χ1n) is 5.48. The molecule has 0 amide bonds. The number of thioether (sulfide) groups is 1. The molecule has 0 aliphatic carbocycles. The first-order valence-corrected chi connectivity index (χ1v) is 6.53. The van der Waals surface area contributed by atoms with Gasteiger partial charge < -0.3 is 14.6 Å². The van der Waals surface area contributed by atoms with Crippen LogP contribution in [0.25, 0.3) is 0 Å². The first kappa shape index (κ1) is 13.0. The molecule has 2 N–H and O–H groups in total. The van der Waals surface area contributed by atoms with Gasteiger partial charge in [-0.25, -0.2) is 0 Å². The number of carboxylic acids is 1. The monoisotopic (exact) mass is 269 g/mol. The van der Waals surface area contributed by atoms with Crippen molar-refractivity contribution in [3.63, 3.8) is 0 Å². The summed E-state index contributed by atoms with van der Waals surface area (Å²) in [4.78, 5) is 10.9. The largest absolute Gasteiger partial charge is 0.493 e.